The van der Waals surface area contributed by atoms with E-state index in [1.807, 2.05) is 0 Å². The Kier molecular flexibility index (Phi) is 8.24. The van der Waals surface area contributed by atoms with Crippen LogP contribution in [-0.2, 0) is 21.4 Å². The van der Waals surface area contributed by atoms with E-state index >= 15 is 0 Å². The first kappa shape index (κ1) is 25.2. The van der Waals surface area contributed by atoms with Crippen molar-refractivity contribution >= 4 is 27.7 Å². The van der Waals surface area contributed by atoms with Gasteiger partial charge in [0.1, 0.15) is 10.6 Å². The first-order valence-electron chi connectivity index (χ1n) is 10.8. The summed E-state index contributed by atoms with van der Waals surface area (Å²) in [5.41, 5.74) is 6.25. The lowest BCUT2D eigenvalue weighted by Gasteiger charge is -2.16. The number of primary amides is 1. The second-order valence-electron chi connectivity index (χ2n) is 8.00. The Morgan fingerprint density at radius 2 is 1.59 bits per heavy atom. The van der Waals surface area contributed by atoms with Gasteiger partial charge < -0.3 is 21.1 Å². The number of methoxy groups -OCH3 is 1. The summed E-state index contributed by atoms with van der Waals surface area (Å²) in [6.07, 6.45) is 3.53. The Hall–Kier alpha value is -3.44. The summed E-state index contributed by atoms with van der Waals surface area (Å²) in [4.78, 5) is 35.3. The van der Waals surface area contributed by atoms with Crippen LogP contribution < -0.4 is 25.8 Å². The molecule has 0 heterocycles. The number of amides is 3. The number of carbonyl (C=O) groups is 3. The molecule has 1 aliphatic rings. The maximum absolute atomic E-state index is 12.9. The van der Waals surface area contributed by atoms with Gasteiger partial charge in [0.25, 0.3) is 11.8 Å². The van der Waals surface area contributed by atoms with Crippen molar-refractivity contribution in [2.45, 2.75) is 43.2 Å². The van der Waals surface area contributed by atoms with E-state index < -0.39 is 27.7 Å². The van der Waals surface area contributed by atoms with E-state index in [9.17, 15) is 22.8 Å². The zero-order chi connectivity index (χ0) is 24.7. The first-order valence-corrected chi connectivity index (χ1v) is 12.3. The second kappa shape index (κ2) is 11.1. The zero-order valence-corrected chi connectivity index (χ0v) is 19.6. The zero-order valence-electron chi connectivity index (χ0n) is 18.8. The number of hydrogen-bond donors (Lipinski definition) is 4. The molecule has 0 unspecified atom stereocenters. The molecule has 2 aromatic carbocycles. The number of sulfonamides is 1. The lowest BCUT2D eigenvalue weighted by Crippen LogP contribution is -2.33. The van der Waals surface area contributed by atoms with Crippen molar-refractivity contribution in [1.82, 2.24) is 15.4 Å². The molecule has 2 aromatic rings. The number of benzene rings is 2. The summed E-state index contributed by atoms with van der Waals surface area (Å²) in [6, 6.07) is 10.6. The van der Waals surface area contributed by atoms with Gasteiger partial charge in [-0.3, -0.25) is 14.4 Å². The molecule has 1 saturated carbocycles. The minimum Gasteiger partial charge on any atom is -0.495 e. The Balaban J connectivity index is 1.66. The smallest absolute Gasteiger partial charge is 0.251 e. The molecule has 3 amide bonds. The van der Waals surface area contributed by atoms with Crippen molar-refractivity contribution in [3.05, 3.63) is 59.2 Å². The van der Waals surface area contributed by atoms with Crippen molar-refractivity contribution in [2.24, 2.45) is 5.73 Å². The highest BCUT2D eigenvalue weighted by atomic mass is 32.2. The fraction of sp³-hybridized carbons (Fsp3) is 0.348. The molecule has 0 bridgehead atoms. The number of nitrogens with one attached hydrogen (secondary N) is 3. The first-order chi connectivity index (χ1) is 16.2. The van der Waals surface area contributed by atoms with Crippen LogP contribution >= 0.6 is 0 Å². The van der Waals surface area contributed by atoms with Gasteiger partial charge in [-0.1, -0.05) is 25.0 Å². The van der Waals surface area contributed by atoms with E-state index in [2.05, 4.69) is 15.4 Å². The number of nitrogens with two attached hydrogens (primary N) is 1. The van der Waals surface area contributed by atoms with Gasteiger partial charge in [0.15, 0.2) is 0 Å². The predicted molar refractivity (Wildman–Crippen MR) is 125 cm³/mol. The monoisotopic (exact) mass is 488 g/mol. The summed E-state index contributed by atoms with van der Waals surface area (Å²) in [5, 5.41) is 5.13. The molecule has 0 spiro atoms. The highest BCUT2D eigenvalue weighted by Crippen LogP contribution is 2.27. The normalized spacial score (nSPS) is 13.9. The lowest BCUT2D eigenvalue weighted by molar-refractivity contribution is -0.117. The molecule has 5 N–H and O–H groups in total. The molecule has 182 valence electrons. The van der Waals surface area contributed by atoms with Crippen LogP contribution in [0.4, 0.5) is 0 Å². The van der Waals surface area contributed by atoms with Crippen molar-refractivity contribution in [1.29, 1.82) is 0 Å². The molecular formula is C23H28N4O6S. The van der Waals surface area contributed by atoms with Crippen molar-refractivity contribution in [3.8, 4) is 5.75 Å². The van der Waals surface area contributed by atoms with Gasteiger partial charge >= 0.3 is 0 Å². The number of ether oxygens (including phenoxy) is 1. The van der Waals surface area contributed by atoms with Gasteiger partial charge in [0.05, 0.1) is 13.7 Å². The van der Waals surface area contributed by atoms with Crippen molar-refractivity contribution < 1.29 is 27.5 Å². The standard InChI is InChI=1S/C23H28N4O6S/c1-33-19-11-10-17(12-20(19)34(31,32)27-18-4-2-3-5-18)23(30)25-13-15-6-8-16(9-7-15)22(29)26-14-21(24)28/h6-12,18,27H,2-5,13-14H2,1H3,(H2,24,28)(H,25,30)(H,26,29). The maximum Gasteiger partial charge on any atom is 0.251 e. The molecular weight excluding hydrogens is 460 g/mol. The largest absolute Gasteiger partial charge is 0.495 e. The van der Waals surface area contributed by atoms with Gasteiger partial charge in [-0.15, -0.1) is 0 Å². The highest BCUT2D eigenvalue weighted by Gasteiger charge is 2.26. The molecule has 0 saturated heterocycles. The summed E-state index contributed by atoms with van der Waals surface area (Å²) in [6.45, 7) is -0.0944. The van der Waals surface area contributed by atoms with E-state index in [1.165, 1.54) is 25.3 Å². The summed E-state index contributed by atoms with van der Waals surface area (Å²) in [7, 11) is -2.48. The van der Waals surface area contributed by atoms with Gasteiger partial charge in [0.2, 0.25) is 15.9 Å². The van der Waals surface area contributed by atoms with Crippen LogP contribution in [0.5, 0.6) is 5.75 Å². The summed E-state index contributed by atoms with van der Waals surface area (Å²) < 4.78 is 33.7. The lowest BCUT2D eigenvalue weighted by atomic mass is 10.1. The molecule has 10 nitrogen and oxygen atoms in total. The van der Waals surface area contributed by atoms with Crippen LogP contribution in [0.2, 0.25) is 0 Å². The third kappa shape index (κ3) is 6.55. The molecule has 1 fully saturated rings. The minimum absolute atomic E-state index is 0.0825. The van der Waals surface area contributed by atoms with Gasteiger partial charge in [0, 0.05) is 23.7 Å². The molecule has 0 aromatic heterocycles. The van der Waals surface area contributed by atoms with E-state index in [1.54, 1.807) is 24.3 Å². The van der Waals surface area contributed by atoms with E-state index in [-0.39, 0.29) is 35.3 Å². The number of carbonyl (C=O) groups excluding carboxylic acids is 3. The Bertz CT molecular complexity index is 1160. The average Bonchev–Trinajstić information content (AvgIpc) is 3.33. The van der Waals surface area contributed by atoms with E-state index in [0.29, 0.717) is 5.56 Å². The molecule has 0 aliphatic heterocycles. The SMILES string of the molecule is COc1ccc(C(=O)NCc2ccc(C(=O)NCC(N)=O)cc2)cc1S(=O)(=O)NC1CCCC1. The fourth-order valence-corrected chi connectivity index (χ4v) is 5.18. The Labute approximate surface area is 198 Å². The summed E-state index contributed by atoms with van der Waals surface area (Å²) in [5.74, 6) is -1.38. The van der Waals surface area contributed by atoms with Crippen LogP contribution in [0.15, 0.2) is 47.4 Å². The van der Waals surface area contributed by atoms with Crippen molar-refractivity contribution in [2.75, 3.05) is 13.7 Å². The molecule has 0 radical (unpaired) electrons. The summed E-state index contributed by atoms with van der Waals surface area (Å²) >= 11 is 0. The van der Waals surface area contributed by atoms with Gasteiger partial charge in [-0.05, 0) is 48.7 Å². The quantitative estimate of drug-likeness (QED) is 0.392. The van der Waals surface area contributed by atoms with Crippen LogP contribution in [0, 0.1) is 0 Å². The third-order valence-electron chi connectivity index (χ3n) is 5.48. The Morgan fingerprint density at radius 3 is 2.21 bits per heavy atom. The van der Waals surface area contributed by atoms with E-state index in [4.69, 9.17) is 10.5 Å². The highest BCUT2D eigenvalue weighted by molar-refractivity contribution is 7.89. The minimum atomic E-state index is -3.85. The topological polar surface area (TPSA) is 157 Å². The number of hydrogen-bond acceptors (Lipinski definition) is 6. The van der Waals surface area contributed by atoms with Crippen molar-refractivity contribution in [3.63, 3.8) is 0 Å². The maximum atomic E-state index is 12.9. The average molecular weight is 489 g/mol. The molecule has 11 heteroatoms. The Morgan fingerprint density at radius 1 is 0.971 bits per heavy atom. The predicted octanol–water partition coefficient (Wildman–Crippen LogP) is 1.06. The molecule has 3 rings (SSSR count). The second-order valence-corrected chi connectivity index (χ2v) is 9.68. The fourth-order valence-electron chi connectivity index (χ4n) is 3.68. The van der Waals surface area contributed by atoms with Crippen LogP contribution in [0.1, 0.15) is 52.0 Å². The number of rotatable bonds is 10. The van der Waals surface area contributed by atoms with Gasteiger partial charge in [-0.2, -0.15) is 0 Å². The third-order valence-corrected chi connectivity index (χ3v) is 7.03. The molecule has 34 heavy (non-hydrogen) atoms. The molecule has 0 atom stereocenters. The van der Waals surface area contributed by atoms with Crippen LogP contribution in [0.25, 0.3) is 0 Å². The van der Waals surface area contributed by atoms with Gasteiger partial charge in [-0.25, -0.2) is 13.1 Å². The van der Waals surface area contributed by atoms with Crippen LogP contribution in [-0.4, -0.2) is 45.8 Å². The van der Waals surface area contributed by atoms with Crippen LogP contribution in [0.3, 0.4) is 0 Å². The van der Waals surface area contributed by atoms with E-state index in [0.717, 1.165) is 31.2 Å². The molecule has 1 aliphatic carbocycles.